The van der Waals surface area contributed by atoms with Gasteiger partial charge in [0.15, 0.2) is 0 Å². The first kappa shape index (κ1) is 11.8. The first-order chi connectivity index (χ1) is 9.88. The summed E-state index contributed by atoms with van der Waals surface area (Å²) in [7, 11) is 0. The summed E-state index contributed by atoms with van der Waals surface area (Å²) >= 11 is 1.63. The van der Waals surface area contributed by atoms with Gasteiger partial charge in [-0.15, -0.1) is 0 Å². The molecule has 4 rings (SSSR count). The molecule has 0 fully saturated rings. The molecule has 1 aliphatic rings. The number of nitrogens with zero attached hydrogens (tertiary/aromatic N) is 5. The SMILES string of the molecule is c1cn2c(n1)CN(Cc1nc(-c3ccsc3)no1)CC2. The van der Waals surface area contributed by atoms with Crippen molar-refractivity contribution in [2.24, 2.45) is 0 Å². The van der Waals surface area contributed by atoms with Crippen LogP contribution in [0.4, 0.5) is 0 Å². The molecular formula is C13H13N5OS. The van der Waals surface area contributed by atoms with Crippen molar-refractivity contribution in [3.63, 3.8) is 0 Å². The molecule has 7 heteroatoms. The van der Waals surface area contributed by atoms with Gasteiger partial charge in [-0.25, -0.2) is 4.98 Å². The van der Waals surface area contributed by atoms with E-state index in [1.165, 1.54) is 0 Å². The Labute approximate surface area is 119 Å². The lowest BCUT2D eigenvalue weighted by atomic mass is 10.3. The Bertz CT molecular complexity index is 702. The van der Waals surface area contributed by atoms with Crippen LogP contribution in [0.15, 0.2) is 33.7 Å². The second kappa shape index (κ2) is 4.84. The molecule has 102 valence electrons. The third kappa shape index (κ3) is 2.14. The first-order valence-electron chi connectivity index (χ1n) is 6.46. The topological polar surface area (TPSA) is 60.0 Å². The van der Waals surface area contributed by atoms with Gasteiger partial charge in [0, 0.05) is 36.4 Å². The number of thiophene rings is 1. The maximum absolute atomic E-state index is 5.34. The fourth-order valence-corrected chi connectivity index (χ4v) is 3.01. The third-order valence-corrected chi connectivity index (χ3v) is 4.11. The van der Waals surface area contributed by atoms with Crippen molar-refractivity contribution < 1.29 is 4.52 Å². The van der Waals surface area contributed by atoms with E-state index < -0.39 is 0 Å². The van der Waals surface area contributed by atoms with Gasteiger partial charge in [0.1, 0.15) is 5.82 Å². The van der Waals surface area contributed by atoms with Crippen molar-refractivity contribution in [2.75, 3.05) is 6.54 Å². The molecule has 1 aliphatic heterocycles. The van der Waals surface area contributed by atoms with Gasteiger partial charge in [0.05, 0.1) is 13.1 Å². The average Bonchev–Trinajstić information content (AvgIpc) is 3.19. The quantitative estimate of drug-likeness (QED) is 0.737. The number of fused-ring (bicyclic) bond motifs is 1. The van der Waals surface area contributed by atoms with Crippen LogP contribution in [0.3, 0.4) is 0 Å². The summed E-state index contributed by atoms with van der Waals surface area (Å²) in [5, 5.41) is 8.06. The summed E-state index contributed by atoms with van der Waals surface area (Å²) in [6, 6.07) is 2.00. The number of hydrogen-bond donors (Lipinski definition) is 0. The third-order valence-electron chi connectivity index (χ3n) is 3.43. The molecule has 0 saturated heterocycles. The van der Waals surface area contributed by atoms with Crippen LogP contribution in [0, 0.1) is 0 Å². The predicted octanol–water partition coefficient (Wildman–Crippen LogP) is 2.01. The Morgan fingerprint density at radius 2 is 2.35 bits per heavy atom. The van der Waals surface area contributed by atoms with Crippen molar-refractivity contribution in [2.45, 2.75) is 19.6 Å². The smallest absolute Gasteiger partial charge is 0.241 e. The summed E-state index contributed by atoms with van der Waals surface area (Å²) < 4.78 is 7.52. The van der Waals surface area contributed by atoms with E-state index in [0.29, 0.717) is 18.3 Å². The molecule has 0 aromatic carbocycles. The monoisotopic (exact) mass is 287 g/mol. The van der Waals surface area contributed by atoms with Crippen LogP contribution in [0.2, 0.25) is 0 Å². The summed E-state index contributed by atoms with van der Waals surface area (Å²) in [6.07, 6.45) is 3.87. The van der Waals surface area contributed by atoms with Crippen LogP contribution < -0.4 is 0 Å². The van der Waals surface area contributed by atoms with Gasteiger partial charge >= 0.3 is 0 Å². The van der Waals surface area contributed by atoms with Gasteiger partial charge in [0.25, 0.3) is 0 Å². The highest BCUT2D eigenvalue weighted by molar-refractivity contribution is 7.08. The zero-order chi connectivity index (χ0) is 13.4. The molecule has 0 amide bonds. The molecule has 20 heavy (non-hydrogen) atoms. The average molecular weight is 287 g/mol. The van der Waals surface area contributed by atoms with Gasteiger partial charge in [-0.2, -0.15) is 16.3 Å². The molecule has 3 aromatic rings. The maximum atomic E-state index is 5.34. The fourth-order valence-electron chi connectivity index (χ4n) is 2.38. The van der Waals surface area contributed by atoms with E-state index in [0.717, 1.165) is 31.0 Å². The highest BCUT2D eigenvalue weighted by Crippen LogP contribution is 2.20. The highest BCUT2D eigenvalue weighted by atomic mass is 32.1. The van der Waals surface area contributed by atoms with Gasteiger partial charge < -0.3 is 9.09 Å². The van der Waals surface area contributed by atoms with Crippen LogP contribution in [0.1, 0.15) is 11.7 Å². The van der Waals surface area contributed by atoms with Gasteiger partial charge in [-0.1, -0.05) is 5.16 Å². The molecule has 0 atom stereocenters. The van der Waals surface area contributed by atoms with Crippen molar-refractivity contribution in [3.05, 3.63) is 40.9 Å². The lowest BCUT2D eigenvalue weighted by Gasteiger charge is -2.25. The molecule has 6 nitrogen and oxygen atoms in total. The van der Waals surface area contributed by atoms with E-state index in [1.54, 1.807) is 11.3 Å². The number of aromatic nitrogens is 4. The number of rotatable bonds is 3. The molecule has 0 unspecified atom stereocenters. The molecular weight excluding hydrogens is 274 g/mol. The second-order valence-electron chi connectivity index (χ2n) is 4.77. The van der Waals surface area contributed by atoms with E-state index in [9.17, 15) is 0 Å². The standard InChI is InChI=1S/C13H13N5OS/c1-6-20-9-10(1)13-15-12(19-16-13)8-17-4-5-18-3-2-14-11(18)7-17/h1-3,6,9H,4-5,7-8H2. The summed E-state index contributed by atoms with van der Waals surface area (Å²) in [5.74, 6) is 2.42. The summed E-state index contributed by atoms with van der Waals surface area (Å²) in [4.78, 5) is 11.1. The van der Waals surface area contributed by atoms with Gasteiger partial charge in [-0.3, -0.25) is 4.90 Å². The minimum absolute atomic E-state index is 0.659. The van der Waals surface area contributed by atoms with Crippen LogP contribution in [-0.2, 0) is 19.6 Å². The van der Waals surface area contributed by atoms with Crippen LogP contribution in [-0.4, -0.2) is 31.1 Å². The highest BCUT2D eigenvalue weighted by Gasteiger charge is 2.19. The molecule has 0 aliphatic carbocycles. The van der Waals surface area contributed by atoms with E-state index in [2.05, 4.69) is 24.6 Å². The minimum Gasteiger partial charge on any atom is -0.338 e. The van der Waals surface area contributed by atoms with Gasteiger partial charge in [-0.05, 0) is 11.4 Å². The van der Waals surface area contributed by atoms with Crippen molar-refractivity contribution in [1.29, 1.82) is 0 Å². The Balaban J connectivity index is 1.48. The number of hydrogen-bond acceptors (Lipinski definition) is 6. The normalized spacial score (nSPS) is 15.4. The maximum Gasteiger partial charge on any atom is 0.241 e. The predicted molar refractivity (Wildman–Crippen MR) is 74.0 cm³/mol. The van der Waals surface area contributed by atoms with Crippen molar-refractivity contribution in [1.82, 2.24) is 24.6 Å². The van der Waals surface area contributed by atoms with E-state index in [-0.39, 0.29) is 0 Å². The summed E-state index contributed by atoms with van der Waals surface area (Å²) in [5.41, 5.74) is 1.01. The Hall–Kier alpha value is -1.99. The van der Waals surface area contributed by atoms with E-state index in [4.69, 9.17) is 4.52 Å². The molecule has 0 radical (unpaired) electrons. The van der Waals surface area contributed by atoms with E-state index >= 15 is 0 Å². The zero-order valence-corrected chi connectivity index (χ0v) is 11.6. The Morgan fingerprint density at radius 1 is 1.35 bits per heavy atom. The molecule has 0 bridgehead atoms. The van der Waals surface area contributed by atoms with Crippen molar-refractivity contribution >= 4 is 11.3 Å². The van der Waals surface area contributed by atoms with Crippen LogP contribution in [0.5, 0.6) is 0 Å². The minimum atomic E-state index is 0.659. The molecule has 0 spiro atoms. The fraction of sp³-hybridized carbons (Fsp3) is 0.308. The molecule has 0 saturated carbocycles. The lowest BCUT2D eigenvalue weighted by Crippen LogP contribution is -2.33. The second-order valence-corrected chi connectivity index (χ2v) is 5.55. The Kier molecular flexibility index (Phi) is 2.86. The first-order valence-corrected chi connectivity index (χ1v) is 7.40. The largest absolute Gasteiger partial charge is 0.338 e. The van der Waals surface area contributed by atoms with Crippen LogP contribution in [0.25, 0.3) is 11.4 Å². The molecule has 3 aromatic heterocycles. The molecule has 4 heterocycles. The zero-order valence-electron chi connectivity index (χ0n) is 10.8. The Morgan fingerprint density at radius 3 is 3.25 bits per heavy atom. The molecule has 0 N–H and O–H groups in total. The lowest BCUT2D eigenvalue weighted by molar-refractivity contribution is 0.183. The van der Waals surface area contributed by atoms with Gasteiger partial charge in [0.2, 0.25) is 11.7 Å². The summed E-state index contributed by atoms with van der Waals surface area (Å²) in [6.45, 7) is 3.42. The van der Waals surface area contributed by atoms with Crippen molar-refractivity contribution in [3.8, 4) is 11.4 Å². The van der Waals surface area contributed by atoms with Crippen LogP contribution >= 0.6 is 11.3 Å². The van der Waals surface area contributed by atoms with E-state index in [1.807, 2.05) is 29.2 Å². The number of imidazole rings is 1.